The molecule has 9 heteroatoms. The summed E-state index contributed by atoms with van der Waals surface area (Å²) in [6, 6.07) is 19.4. The van der Waals surface area contributed by atoms with Crippen LogP contribution >= 0.6 is 11.3 Å². The Bertz CT molecular complexity index is 1870. The molecule has 0 bridgehead atoms. The summed E-state index contributed by atoms with van der Waals surface area (Å²) in [5.41, 5.74) is 5.04. The number of fused-ring (bicyclic) bond motifs is 1. The van der Waals surface area contributed by atoms with Gasteiger partial charge in [0, 0.05) is 35.3 Å². The molecule has 0 amide bonds. The van der Waals surface area contributed by atoms with Gasteiger partial charge in [0.15, 0.2) is 5.82 Å². The molecule has 6 aromatic rings. The van der Waals surface area contributed by atoms with E-state index >= 15 is 0 Å². The van der Waals surface area contributed by atoms with E-state index in [9.17, 15) is 4.79 Å². The zero-order chi connectivity index (χ0) is 26.1. The monoisotopic (exact) mass is 518 g/mol. The standard InChI is InChI=1S/C29H22N6O2S/c1-3-15-37-23-9-10-24(19(2)16-23)26-21(18-34(32-26)22-7-5-4-6-8-22)17-25-28(36)35-29(38-25)31-27(33-35)20-11-13-30-14-12-20/h3-14,16-18H,1,15H2,2H3. The van der Waals surface area contributed by atoms with Gasteiger partial charge in [-0.3, -0.25) is 9.78 Å². The maximum Gasteiger partial charge on any atom is 0.291 e. The fourth-order valence-electron chi connectivity index (χ4n) is 4.16. The van der Waals surface area contributed by atoms with Crippen LogP contribution in [0.25, 0.3) is 39.4 Å². The van der Waals surface area contributed by atoms with Crippen molar-refractivity contribution in [2.75, 3.05) is 6.61 Å². The minimum absolute atomic E-state index is 0.221. The van der Waals surface area contributed by atoms with Crippen LogP contribution in [-0.4, -0.2) is 36.0 Å². The average Bonchev–Trinajstić information content (AvgIpc) is 3.64. The molecule has 0 saturated heterocycles. The Kier molecular flexibility index (Phi) is 6.11. The lowest BCUT2D eigenvalue weighted by Gasteiger charge is -2.08. The highest BCUT2D eigenvalue weighted by molar-refractivity contribution is 7.15. The largest absolute Gasteiger partial charge is 0.490 e. The first-order valence-electron chi connectivity index (χ1n) is 11.9. The van der Waals surface area contributed by atoms with Crippen molar-refractivity contribution < 1.29 is 4.74 Å². The number of hydrogen-bond donors (Lipinski definition) is 0. The number of ether oxygens (including phenoxy) is 1. The van der Waals surface area contributed by atoms with E-state index in [-0.39, 0.29) is 5.56 Å². The van der Waals surface area contributed by atoms with Gasteiger partial charge in [0.1, 0.15) is 18.1 Å². The number of thiazole rings is 1. The second-order valence-corrected chi connectivity index (χ2v) is 9.58. The Labute approximate surface area is 221 Å². The summed E-state index contributed by atoms with van der Waals surface area (Å²) in [5.74, 6) is 1.26. The van der Waals surface area contributed by atoms with E-state index in [2.05, 4.69) is 21.6 Å². The minimum Gasteiger partial charge on any atom is -0.490 e. The van der Waals surface area contributed by atoms with Crippen molar-refractivity contribution in [2.24, 2.45) is 0 Å². The summed E-state index contributed by atoms with van der Waals surface area (Å²) in [6.07, 6.45) is 8.86. The summed E-state index contributed by atoms with van der Waals surface area (Å²) in [6.45, 7) is 6.16. The summed E-state index contributed by atoms with van der Waals surface area (Å²) in [5, 5.41) is 9.35. The van der Waals surface area contributed by atoms with Crippen molar-refractivity contribution in [3.8, 4) is 34.1 Å². The molecule has 0 saturated carbocycles. The van der Waals surface area contributed by atoms with Gasteiger partial charge in [0.25, 0.3) is 5.56 Å². The van der Waals surface area contributed by atoms with Gasteiger partial charge in [-0.05, 0) is 61.0 Å². The highest BCUT2D eigenvalue weighted by Gasteiger charge is 2.16. The fourth-order valence-corrected chi connectivity index (χ4v) is 5.06. The lowest BCUT2D eigenvalue weighted by atomic mass is 10.0. The number of benzene rings is 2. The van der Waals surface area contributed by atoms with Gasteiger partial charge < -0.3 is 4.74 Å². The number of rotatable bonds is 7. The minimum atomic E-state index is -0.221. The van der Waals surface area contributed by atoms with Crippen LogP contribution in [0, 0.1) is 6.92 Å². The molecule has 38 heavy (non-hydrogen) atoms. The third kappa shape index (κ3) is 4.39. The molecule has 6 rings (SSSR count). The van der Waals surface area contributed by atoms with Crippen LogP contribution in [0.4, 0.5) is 0 Å². The Morgan fingerprint density at radius 3 is 2.61 bits per heavy atom. The zero-order valence-electron chi connectivity index (χ0n) is 20.5. The molecule has 0 aliphatic heterocycles. The predicted molar refractivity (Wildman–Crippen MR) is 149 cm³/mol. The number of hydrogen-bond acceptors (Lipinski definition) is 7. The summed E-state index contributed by atoms with van der Waals surface area (Å²) in [7, 11) is 0. The van der Waals surface area contributed by atoms with E-state index in [1.165, 1.54) is 15.9 Å². The fraction of sp³-hybridized carbons (Fsp3) is 0.0690. The first-order valence-corrected chi connectivity index (χ1v) is 12.7. The Hall–Kier alpha value is -4.89. The van der Waals surface area contributed by atoms with Crippen molar-refractivity contribution in [1.82, 2.24) is 29.4 Å². The SMILES string of the molecule is C=CCOc1ccc(-c2nn(-c3ccccc3)cc2C=c2sc3nc(-c4ccncc4)nn3c2=O)c(C)c1. The van der Waals surface area contributed by atoms with Crippen molar-refractivity contribution in [3.63, 3.8) is 0 Å². The second kappa shape index (κ2) is 9.87. The van der Waals surface area contributed by atoms with Gasteiger partial charge in [-0.1, -0.05) is 42.2 Å². The Morgan fingerprint density at radius 2 is 1.87 bits per heavy atom. The van der Waals surface area contributed by atoms with E-state index in [0.717, 1.165) is 39.4 Å². The predicted octanol–water partition coefficient (Wildman–Crippen LogP) is 4.49. The molecule has 0 fully saturated rings. The van der Waals surface area contributed by atoms with Crippen molar-refractivity contribution >= 4 is 22.4 Å². The van der Waals surface area contributed by atoms with Crippen LogP contribution in [0.5, 0.6) is 5.75 Å². The van der Waals surface area contributed by atoms with Crippen molar-refractivity contribution in [1.29, 1.82) is 0 Å². The van der Waals surface area contributed by atoms with E-state index < -0.39 is 0 Å². The summed E-state index contributed by atoms with van der Waals surface area (Å²) >= 11 is 1.30. The normalized spacial score (nSPS) is 11.8. The van der Waals surface area contributed by atoms with Gasteiger partial charge >= 0.3 is 0 Å². The number of aryl methyl sites for hydroxylation is 1. The lowest BCUT2D eigenvalue weighted by molar-refractivity contribution is 0.363. The summed E-state index contributed by atoms with van der Waals surface area (Å²) < 4.78 is 9.40. The molecule has 0 aliphatic rings. The molecule has 2 aromatic carbocycles. The highest BCUT2D eigenvalue weighted by atomic mass is 32.1. The van der Waals surface area contributed by atoms with Crippen LogP contribution < -0.4 is 14.8 Å². The maximum atomic E-state index is 13.3. The van der Waals surface area contributed by atoms with Crippen molar-refractivity contribution in [3.05, 3.63) is 118 Å². The molecule has 4 heterocycles. The lowest BCUT2D eigenvalue weighted by Crippen LogP contribution is -2.23. The molecule has 4 aromatic heterocycles. The molecule has 0 spiro atoms. The Morgan fingerprint density at radius 1 is 1.05 bits per heavy atom. The first-order chi connectivity index (χ1) is 18.6. The van der Waals surface area contributed by atoms with Crippen LogP contribution in [0.15, 0.2) is 96.7 Å². The van der Waals surface area contributed by atoms with Crippen molar-refractivity contribution in [2.45, 2.75) is 6.92 Å². The third-order valence-electron chi connectivity index (χ3n) is 5.99. The smallest absolute Gasteiger partial charge is 0.291 e. The van der Waals surface area contributed by atoms with E-state index in [0.29, 0.717) is 21.9 Å². The molecular weight excluding hydrogens is 496 g/mol. The summed E-state index contributed by atoms with van der Waals surface area (Å²) in [4.78, 5) is 22.4. The molecule has 0 aliphatic carbocycles. The quantitative estimate of drug-likeness (QED) is 0.290. The van der Waals surface area contributed by atoms with Gasteiger partial charge in [0.2, 0.25) is 4.96 Å². The topological polar surface area (TPSA) is 87.2 Å². The van der Waals surface area contributed by atoms with Gasteiger partial charge in [-0.2, -0.15) is 14.6 Å². The maximum absolute atomic E-state index is 13.3. The molecule has 0 atom stereocenters. The third-order valence-corrected chi connectivity index (χ3v) is 6.95. The molecular formula is C29H22N6O2S. The average molecular weight is 519 g/mol. The van der Waals surface area contributed by atoms with E-state index in [1.807, 2.05) is 84.5 Å². The van der Waals surface area contributed by atoms with Gasteiger partial charge in [-0.25, -0.2) is 4.68 Å². The number of aromatic nitrogens is 6. The van der Waals surface area contributed by atoms with Gasteiger partial charge in [-0.15, -0.1) is 5.10 Å². The van der Waals surface area contributed by atoms with Crippen LogP contribution in [0.2, 0.25) is 0 Å². The number of nitrogens with zero attached hydrogens (tertiary/aromatic N) is 6. The van der Waals surface area contributed by atoms with Crippen LogP contribution in [0.1, 0.15) is 11.1 Å². The van der Waals surface area contributed by atoms with E-state index in [1.54, 1.807) is 18.5 Å². The first kappa shape index (κ1) is 23.5. The zero-order valence-corrected chi connectivity index (χ0v) is 21.3. The van der Waals surface area contributed by atoms with Crippen LogP contribution in [0.3, 0.4) is 0 Å². The van der Waals surface area contributed by atoms with Crippen LogP contribution in [-0.2, 0) is 0 Å². The molecule has 0 radical (unpaired) electrons. The number of pyridine rings is 1. The number of para-hydroxylation sites is 1. The van der Waals surface area contributed by atoms with E-state index in [4.69, 9.17) is 9.84 Å². The van der Waals surface area contributed by atoms with Gasteiger partial charge in [0.05, 0.1) is 10.2 Å². The second-order valence-electron chi connectivity index (χ2n) is 8.57. The molecule has 186 valence electrons. The molecule has 0 N–H and O–H groups in total. The highest BCUT2D eigenvalue weighted by Crippen LogP contribution is 2.30. The Balaban J connectivity index is 1.47. The molecule has 0 unspecified atom stereocenters. The molecule has 8 nitrogen and oxygen atoms in total.